The van der Waals surface area contributed by atoms with Crippen molar-refractivity contribution in [1.82, 2.24) is 9.97 Å². The van der Waals surface area contributed by atoms with E-state index in [2.05, 4.69) is 27.7 Å². The van der Waals surface area contributed by atoms with E-state index in [9.17, 15) is 4.79 Å². The molecule has 1 aliphatic rings. The zero-order valence-electron chi connectivity index (χ0n) is 16.1. The smallest absolute Gasteiger partial charge is 0.328 e. The molecule has 1 aromatic rings. The van der Waals surface area contributed by atoms with Gasteiger partial charge in [-0.05, 0) is 37.8 Å². The minimum Gasteiger partial charge on any atom is -0.478 e. The van der Waals surface area contributed by atoms with E-state index in [1.807, 2.05) is 25.3 Å². The van der Waals surface area contributed by atoms with Gasteiger partial charge in [-0.15, -0.1) is 0 Å². The largest absolute Gasteiger partial charge is 0.478 e. The fraction of sp³-hybridized carbons (Fsp3) is 0.476. The number of aromatic nitrogens is 2. The first-order valence-corrected chi connectivity index (χ1v) is 8.67. The Hall–Kier alpha value is -2.23. The maximum atomic E-state index is 10.6. The molecule has 134 valence electrons. The third-order valence-electron chi connectivity index (χ3n) is 4.89. The monoisotopic (exact) mass is 340 g/mol. The lowest BCUT2D eigenvalue weighted by molar-refractivity contribution is -0.131. The van der Waals surface area contributed by atoms with E-state index >= 15 is 0 Å². The lowest BCUT2D eigenvalue weighted by atomic mass is 9.67. The van der Waals surface area contributed by atoms with Crippen LogP contribution in [-0.2, 0) is 15.6 Å². The number of carboxylic acid groups (broad SMARTS) is 1. The van der Waals surface area contributed by atoms with Crippen LogP contribution in [0.4, 0.5) is 0 Å². The Bertz CT molecular complexity index is 768. The molecule has 0 radical (unpaired) electrons. The lowest BCUT2D eigenvalue weighted by Crippen LogP contribution is -2.36. The minimum absolute atomic E-state index is 0.0325. The van der Waals surface area contributed by atoms with Crippen LogP contribution in [0, 0.1) is 0 Å². The number of allylic oxidation sites excluding steroid dienone is 5. The van der Waals surface area contributed by atoms with Gasteiger partial charge in [-0.1, -0.05) is 45.9 Å². The SMILES string of the molecule is C/C(=C/C=C/C(C)=C/C(=O)O)c1cnc2c(n1)C(C)(C)CCC2(C)C. The zero-order valence-corrected chi connectivity index (χ0v) is 16.1. The Morgan fingerprint density at radius 3 is 2.32 bits per heavy atom. The highest BCUT2D eigenvalue weighted by Gasteiger charge is 2.39. The van der Waals surface area contributed by atoms with Gasteiger partial charge in [-0.25, -0.2) is 9.78 Å². The second-order valence-corrected chi connectivity index (χ2v) is 8.16. The van der Waals surface area contributed by atoms with Crippen LogP contribution in [0.3, 0.4) is 0 Å². The zero-order chi connectivity index (χ0) is 18.8. The maximum absolute atomic E-state index is 10.6. The van der Waals surface area contributed by atoms with E-state index in [0.717, 1.165) is 35.5 Å². The molecule has 1 N–H and O–H groups in total. The van der Waals surface area contributed by atoms with Crippen LogP contribution >= 0.6 is 0 Å². The molecule has 1 heterocycles. The average Bonchev–Trinajstić information content (AvgIpc) is 2.51. The Morgan fingerprint density at radius 2 is 1.72 bits per heavy atom. The fourth-order valence-electron chi connectivity index (χ4n) is 3.08. The third-order valence-corrected chi connectivity index (χ3v) is 4.89. The van der Waals surface area contributed by atoms with Crippen LogP contribution in [-0.4, -0.2) is 21.0 Å². The summed E-state index contributed by atoms with van der Waals surface area (Å²) in [5.74, 6) is -0.937. The van der Waals surface area contributed by atoms with Gasteiger partial charge in [-0.3, -0.25) is 4.98 Å². The first-order valence-electron chi connectivity index (χ1n) is 8.67. The fourth-order valence-corrected chi connectivity index (χ4v) is 3.08. The van der Waals surface area contributed by atoms with Crippen LogP contribution in [0.15, 0.2) is 36.1 Å². The summed E-state index contributed by atoms with van der Waals surface area (Å²) in [5.41, 5.74) is 4.87. The van der Waals surface area contributed by atoms with Crippen molar-refractivity contribution in [2.24, 2.45) is 0 Å². The van der Waals surface area contributed by atoms with Gasteiger partial charge < -0.3 is 5.11 Å². The van der Waals surface area contributed by atoms with Crippen molar-refractivity contribution < 1.29 is 9.90 Å². The summed E-state index contributed by atoms with van der Waals surface area (Å²) in [5, 5.41) is 8.73. The summed E-state index contributed by atoms with van der Waals surface area (Å²) in [7, 11) is 0. The summed E-state index contributed by atoms with van der Waals surface area (Å²) in [6, 6.07) is 0. The molecule has 0 spiro atoms. The molecule has 0 bridgehead atoms. The van der Waals surface area contributed by atoms with Crippen molar-refractivity contribution in [2.45, 2.75) is 65.2 Å². The van der Waals surface area contributed by atoms with Gasteiger partial charge in [0.05, 0.1) is 23.3 Å². The lowest BCUT2D eigenvalue weighted by Gasteiger charge is -2.39. The van der Waals surface area contributed by atoms with Crippen LogP contribution < -0.4 is 0 Å². The molecule has 0 amide bonds. The molecule has 0 aromatic carbocycles. The van der Waals surface area contributed by atoms with E-state index in [4.69, 9.17) is 15.1 Å². The molecule has 4 nitrogen and oxygen atoms in total. The molecule has 2 rings (SSSR count). The summed E-state index contributed by atoms with van der Waals surface area (Å²) >= 11 is 0. The standard InChI is InChI=1S/C21H28N2O2/c1-14(12-17(24)25)8-7-9-15(2)16-13-22-18-19(23-16)21(5,6)11-10-20(18,3)4/h7-9,12-13H,10-11H2,1-6H3,(H,24,25)/b8-7+,14-12+,15-9-. The van der Waals surface area contributed by atoms with Crippen LogP contribution in [0.25, 0.3) is 5.57 Å². The molecule has 0 saturated carbocycles. The molecule has 25 heavy (non-hydrogen) atoms. The molecule has 4 heteroatoms. The van der Waals surface area contributed by atoms with Crippen molar-refractivity contribution in [3.63, 3.8) is 0 Å². The van der Waals surface area contributed by atoms with Crippen molar-refractivity contribution in [3.05, 3.63) is 53.2 Å². The predicted octanol–water partition coefficient (Wildman–Crippen LogP) is 4.82. The van der Waals surface area contributed by atoms with E-state index in [0.29, 0.717) is 5.57 Å². The topological polar surface area (TPSA) is 63.1 Å². The van der Waals surface area contributed by atoms with Crippen LogP contribution in [0.5, 0.6) is 0 Å². The highest BCUT2D eigenvalue weighted by Crippen LogP contribution is 2.43. The second-order valence-electron chi connectivity index (χ2n) is 8.16. The first kappa shape index (κ1) is 19.1. The van der Waals surface area contributed by atoms with Gasteiger partial charge in [0.2, 0.25) is 0 Å². The number of carboxylic acids is 1. The minimum atomic E-state index is -0.937. The Morgan fingerprint density at radius 1 is 1.12 bits per heavy atom. The Kier molecular flexibility index (Phi) is 5.31. The van der Waals surface area contributed by atoms with Gasteiger partial charge >= 0.3 is 5.97 Å². The van der Waals surface area contributed by atoms with Crippen LogP contribution in [0.1, 0.15) is 71.5 Å². The normalized spacial score (nSPS) is 19.8. The highest BCUT2D eigenvalue weighted by atomic mass is 16.4. The molecule has 1 aliphatic carbocycles. The molecule has 0 unspecified atom stereocenters. The molecular weight excluding hydrogens is 312 g/mol. The maximum Gasteiger partial charge on any atom is 0.328 e. The van der Waals surface area contributed by atoms with E-state index in [1.54, 1.807) is 13.0 Å². The molecule has 0 saturated heterocycles. The Labute approximate surface area is 150 Å². The quantitative estimate of drug-likeness (QED) is 0.631. The number of aliphatic carboxylic acids is 1. The van der Waals surface area contributed by atoms with Gasteiger partial charge in [0, 0.05) is 16.9 Å². The van der Waals surface area contributed by atoms with E-state index in [1.165, 1.54) is 6.08 Å². The average molecular weight is 340 g/mol. The highest BCUT2D eigenvalue weighted by molar-refractivity contribution is 5.81. The van der Waals surface area contributed by atoms with Crippen molar-refractivity contribution in [1.29, 1.82) is 0 Å². The first-order chi connectivity index (χ1) is 11.5. The van der Waals surface area contributed by atoms with Crippen molar-refractivity contribution >= 4 is 11.5 Å². The summed E-state index contributed by atoms with van der Waals surface area (Å²) in [6.45, 7) is 12.7. The third kappa shape index (κ3) is 4.44. The van der Waals surface area contributed by atoms with Gasteiger partial charge in [0.15, 0.2) is 0 Å². The molecule has 1 aromatic heterocycles. The summed E-state index contributed by atoms with van der Waals surface area (Å²) in [4.78, 5) is 20.3. The number of rotatable bonds is 4. The van der Waals surface area contributed by atoms with Gasteiger partial charge in [0.1, 0.15) is 0 Å². The number of nitrogens with zero attached hydrogens (tertiary/aromatic N) is 2. The number of carbonyl (C=O) groups is 1. The summed E-state index contributed by atoms with van der Waals surface area (Å²) in [6.07, 6.45) is 10.8. The number of hydrogen-bond donors (Lipinski definition) is 1. The van der Waals surface area contributed by atoms with E-state index < -0.39 is 5.97 Å². The van der Waals surface area contributed by atoms with Gasteiger partial charge in [-0.2, -0.15) is 0 Å². The van der Waals surface area contributed by atoms with Crippen molar-refractivity contribution in [2.75, 3.05) is 0 Å². The summed E-state index contributed by atoms with van der Waals surface area (Å²) < 4.78 is 0. The van der Waals surface area contributed by atoms with Crippen LogP contribution in [0.2, 0.25) is 0 Å². The second kappa shape index (κ2) is 6.95. The van der Waals surface area contributed by atoms with E-state index in [-0.39, 0.29) is 10.8 Å². The number of fused-ring (bicyclic) bond motifs is 1. The molecule has 0 fully saturated rings. The molecular formula is C21H28N2O2. The molecule has 0 atom stereocenters. The number of hydrogen-bond acceptors (Lipinski definition) is 3. The van der Waals surface area contributed by atoms with Gasteiger partial charge in [0.25, 0.3) is 0 Å². The van der Waals surface area contributed by atoms with Crippen molar-refractivity contribution in [3.8, 4) is 0 Å². The predicted molar refractivity (Wildman–Crippen MR) is 102 cm³/mol. The molecule has 0 aliphatic heterocycles. The Balaban J connectivity index is 2.34.